The fourth-order valence-corrected chi connectivity index (χ4v) is 2.63. The molecule has 1 saturated heterocycles. The van der Waals surface area contributed by atoms with Gasteiger partial charge in [0.25, 0.3) is 0 Å². The third-order valence-electron chi connectivity index (χ3n) is 4.45. The molecule has 1 aromatic carbocycles. The minimum absolute atomic E-state index is 0.269. The highest BCUT2D eigenvalue weighted by Gasteiger charge is 2.32. The lowest BCUT2D eigenvalue weighted by molar-refractivity contribution is -0.160. The largest absolute Gasteiger partial charge is 0.461 e. The summed E-state index contributed by atoms with van der Waals surface area (Å²) < 4.78 is 10.4. The van der Waals surface area contributed by atoms with Crippen molar-refractivity contribution in [2.75, 3.05) is 13.2 Å². The lowest BCUT2D eigenvalue weighted by Gasteiger charge is -2.21. The van der Waals surface area contributed by atoms with Gasteiger partial charge in [-0.3, -0.25) is 14.4 Å². The van der Waals surface area contributed by atoms with Crippen LogP contribution in [0, 0.1) is 11.8 Å². The molecule has 1 aliphatic rings. The molecule has 25 heavy (non-hydrogen) atoms. The van der Waals surface area contributed by atoms with Crippen LogP contribution in [0.1, 0.15) is 37.6 Å². The van der Waals surface area contributed by atoms with Crippen LogP contribution < -0.4 is 5.32 Å². The van der Waals surface area contributed by atoms with Crippen LogP contribution in [-0.4, -0.2) is 43.0 Å². The summed E-state index contributed by atoms with van der Waals surface area (Å²) in [5.41, 5.74) is 0.490. The molecule has 2 rings (SSSR count). The van der Waals surface area contributed by atoms with Crippen LogP contribution >= 0.6 is 0 Å². The number of Topliss-reactive ketones (excluding diaryl/α,β-unsaturated/α-hetero) is 1. The van der Waals surface area contributed by atoms with Crippen LogP contribution in [0.15, 0.2) is 30.3 Å². The first-order valence-electron chi connectivity index (χ1n) is 8.57. The number of rotatable bonds is 7. The quantitative estimate of drug-likeness (QED) is 0.600. The first-order chi connectivity index (χ1) is 11.9. The zero-order valence-electron chi connectivity index (χ0n) is 14.9. The predicted octanol–water partition coefficient (Wildman–Crippen LogP) is 1.98. The molecule has 1 N–H and O–H groups in total. The van der Waals surface area contributed by atoms with Crippen molar-refractivity contribution in [3.05, 3.63) is 35.9 Å². The third kappa shape index (κ3) is 5.39. The van der Waals surface area contributed by atoms with Crippen molar-refractivity contribution in [2.45, 2.75) is 39.3 Å². The van der Waals surface area contributed by atoms with Crippen molar-refractivity contribution in [1.29, 1.82) is 0 Å². The fourth-order valence-electron chi connectivity index (χ4n) is 2.63. The van der Waals surface area contributed by atoms with Gasteiger partial charge in [-0.25, -0.2) is 0 Å². The van der Waals surface area contributed by atoms with Gasteiger partial charge in [0.15, 0.2) is 12.4 Å². The smallest absolute Gasteiger partial charge is 0.323 e. The molecule has 0 spiro atoms. The molecule has 4 atom stereocenters. The van der Waals surface area contributed by atoms with Crippen LogP contribution in [0.4, 0.5) is 0 Å². The summed E-state index contributed by atoms with van der Waals surface area (Å²) >= 11 is 0. The summed E-state index contributed by atoms with van der Waals surface area (Å²) in [6, 6.07) is 8.31. The van der Waals surface area contributed by atoms with E-state index in [-0.39, 0.29) is 24.4 Å². The summed E-state index contributed by atoms with van der Waals surface area (Å²) in [5, 5.41) is 3.10. The molecular weight excluding hydrogens is 322 g/mol. The number of hydrogen-bond donors (Lipinski definition) is 1. The van der Waals surface area contributed by atoms with E-state index in [2.05, 4.69) is 12.2 Å². The lowest BCUT2D eigenvalue weighted by Crippen LogP contribution is -2.37. The Morgan fingerprint density at radius 2 is 1.88 bits per heavy atom. The van der Waals surface area contributed by atoms with Crippen molar-refractivity contribution in [3.63, 3.8) is 0 Å². The fraction of sp³-hybridized carbons (Fsp3) is 0.526. The van der Waals surface area contributed by atoms with E-state index >= 15 is 0 Å². The summed E-state index contributed by atoms with van der Waals surface area (Å²) in [6.45, 7) is 5.80. The van der Waals surface area contributed by atoms with Gasteiger partial charge in [0.1, 0.15) is 12.1 Å². The number of benzene rings is 1. The van der Waals surface area contributed by atoms with E-state index in [9.17, 15) is 14.4 Å². The van der Waals surface area contributed by atoms with Gasteiger partial charge in [-0.2, -0.15) is 0 Å². The van der Waals surface area contributed by atoms with Gasteiger partial charge in [0, 0.05) is 5.56 Å². The summed E-state index contributed by atoms with van der Waals surface area (Å²) in [6.07, 6.45) is 0.111. The highest BCUT2D eigenvalue weighted by atomic mass is 16.6. The minimum atomic E-state index is -0.647. The van der Waals surface area contributed by atoms with Gasteiger partial charge in [0.2, 0.25) is 0 Å². The van der Waals surface area contributed by atoms with E-state index in [0.717, 1.165) is 13.0 Å². The maximum atomic E-state index is 12.1. The van der Waals surface area contributed by atoms with Gasteiger partial charge in [-0.15, -0.1) is 0 Å². The van der Waals surface area contributed by atoms with Gasteiger partial charge in [-0.05, 0) is 32.7 Å². The van der Waals surface area contributed by atoms with Gasteiger partial charge >= 0.3 is 11.9 Å². The number of ketones is 1. The molecule has 6 nitrogen and oxygen atoms in total. The second kappa shape index (κ2) is 8.76. The zero-order valence-corrected chi connectivity index (χ0v) is 14.9. The van der Waals surface area contributed by atoms with E-state index in [1.165, 1.54) is 0 Å². The number of hydrogen-bond acceptors (Lipinski definition) is 6. The van der Waals surface area contributed by atoms with Crippen LogP contribution in [0.3, 0.4) is 0 Å². The topological polar surface area (TPSA) is 81.7 Å². The van der Waals surface area contributed by atoms with E-state index in [4.69, 9.17) is 9.47 Å². The number of carbonyl (C=O) groups excluding carboxylic acids is 3. The standard InChI is InChI=1S/C19H25NO5/c1-12-9-16(20-10-12)19(23)25-14(3)13(2)18(22)24-11-17(21)15-7-5-4-6-8-15/h4-8,12-14,16,20H,9-11H2,1-3H3/t12-,13-,14-,16+/m0/s1. The Bertz CT molecular complexity index is 616. The second-order valence-corrected chi connectivity index (χ2v) is 6.63. The number of esters is 2. The van der Waals surface area contributed by atoms with Crippen molar-refractivity contribution >= 4 is 17.7 Å². The number of ether oxygens (including phenoxy) is 2. The molecular formula is C19H25NO5. The van der Waals surface area contributed by atoms with E-state index in [1.807, 2.05) is 0 Å². The monoisotopic (exact) mass is 347 g/mol. The average Bonchev–Trinajstić information content (AvgIpc) is 3.05. The van der Waals surface area contributed by atoms with Crippen LogP contribution in [0.5, 0.6) is 0 Å². The molecule has 1 fully saturated rings. The van der Waals surface area contributed by atoms with Crippen molar-refractivity contribution in [3.8, 4) is 0 Å². The van der Waals surface area contributed by atoms with E-state index in [1.54, 1.807) is 44.2 Å². The highest BCUT2D eigenvalue weighted by Crippen LogP contribution is 2.17. The van der Waals surface area contributed by atoms with E-state index < -0.39 is 18.0 Å². The Hall–Kier alpha value is -2.21. The molecule has 1 aliphatic heterocycles. The summed E-state index contributed by atoms with van der Waals surface area (Å²) in [5.74, 6) is -1.39. The minimum Gasteiger partial charge on any atom is -0.461 e. The van der Waals surface area contributed by atoms with Crippen LogP contribution in [0.25, 0.3) is 0 Å². The normalized spacial score (nSPS) is 22.0. The highest BCUT2D eigenvalue weighted by molar-refractivity contribution is 5.97. The molecule has 1 aromatic rings. The number of carbonyl (C=O) groups is 3. The Kier molecular flexibility index (Phi) is 6.70. The van der Waals surface area contributed by atoms with E-state index in [0.29, 0.717) is 11.5 Å². The molecule has 0 bridgehead atoms. The lowest BCUT2D eigenvalue weighted by atomic mass is 10.1. The molecule has 6 heteroatoms. The third-order valence-corrected chi connectivity index (χ3v) is 4.45. The van der Waals surface area contributed by atoms with Gasteiger partial charge in [-0.1, -0.05) is 37.3 Å². The average molecular weight is 347 g/mol. The Morgan fingerprint density at radius 3 is 2.48 bits per heavy atom. The first kappa shape index (κ1) is 19.1. The maximum absolute atomic E-state index is 12.1. The van der Waals surface area contributed by atoms with Crippen LogP contribution in [-0.2, 0) is 19.1 Å². The molecule has 0 unspecified atom stereocenters. The molecule has 0 saturated carbocycles. The van der Waals surface area contributed by atoms with Gasteiger partial charge in [0.05, 0.1) is 5.92 Å². The molecule has 0 aromatic heterocycles. The van der Waals surface area contributed by atoms with Crippen molar-refractivity contribution in [1.82, 2.24) is 5.32 Å². The zero-order chi connectivity index (χ0) is 18.4. The molecule has 0 amide bonds. The molecule has 0 radical (unpaired) electrons. The molecule has 1 heterocycles. The first-order valence-corrected chi connectivity index (χ1v) is 8.57. The number of nitrogens with one attached hydrogen (secondary N) is 1. The van der Waals surface area contributed by atoms with Crippen molar-refractivity contribution < 1.29 is 23.9 Å². The predicted molar refractivity (Wildman–Crippen MR) is 92.0 cm³/mol. The molecule has 0 aliphatic carbocycles. The summed E-state index contributed by atoms with van der Waals surface area (Å²) in [4.78, 5) is 36.1. The Balaban J connectivity index is 1.78. The SMILES string of the molecule is C[C@@H]1CN[C@@H](C(=O)O[C@@H](C)[C@H](C)C(=O)OCC(=O)c2ccccc2)C1. The van der Waals surface area contributed by atoms with Crippen LogP contribution in [0.2, 0.25) is 0 Å². The van der Waals surface area contributed by atoms with Gasteiger partial charge < -0.3 is 14.8 Å². The second-order valence-electron chi connectivity index (χ2n) is 6.63. The maximum Gasteiger partial charge on any atom is 0.323 e. The molecule has 136 valence electrons. The summed E-state index contributed by atoms with van der Waals surface area (Å²) in [7, 11) is 0. The Morgan fingerprint density at radius 1 is 1.20 bits per heavy atom. The Labute approximate surface area is 147 Å². The van der Waals surface area contributed by atoms with Crippen molar-refractivity contribution in [2.24, 2.45) is 11.8 Å².